The molecule has 0 atom stereocenters. The van der Waals surface area contributed by atoms with Crippen LogP contribution in [0.4, 0.5) is 18.9 Å². The molecule has 0 aliphatic rings. The highest BCUT2D eigenvalue weighted by Gasteiger charge is 2.39. The third-order valence-electron chi connectivity index (χ3n) is 1.86. The average molecular weight is 349 g/mol. The number of alkyl halides is 3. The predicted octanol–water partition coefficient (Wildman–Crippen LogP) is 2.02. The molecule has 100 valence electrons. The van der Waals surface area contributed by atoms with Crippen molar-refractivity contribution in [3.63, 3.8) is 0 Å². The quantitative estimate of drug-likeness (QED) is 0.652. The third-order valence-corrected chi connectivity index (χ3v) is 3.73. The summed E-state index contributed by atoms with van der Waals surface area (Å²) < 4.78 is 59.1. The van der Waals surface area contributed by atoms with Gasteiger partial charge in [0.05, 0.1) is 4.92 Å². The normalized spacial score (nSPS) is 12.5. The van der Waals surface area contributed by atoms with E-state index in [9.17, 15) is 31.7 Å². The van der Waals surface area contributed by atoms with Crippen LogP contribution in [0.5, 0.6) is 0 Å². The molecule has 0 unspecified atom stereocenters. The van der Waals surface area contributed by atoms with E-state index < -0.39 is 41.7 Å². The minimum absolute atomic E-state index is 0.266. The van der Waals surface area contributed by atoms with Crippen LogP contribution in [0.2, 0.25) is 0 Å². The molecule has 0 saturated carbocycles. The smallest absolute Gasteiger partial charge is 0.258 e. The molecule has 11 heteroatoms. The minimum Gasteiger partial charge on any atom is -0.258 e. The fourth-order valence-corrected chi connectivity index (χ4v) is 2.77. The zero-order valence-electron chi connectivity index (χ0n) is 8.23. The highest BCUT2D eigenvalue weighted by Crippen LogP contribution is 2.39. The van der Waals surface area contributed by atoms with Crippen LogP contribution < -0.4 is 5.14 Å². The first-order valence-electron chi connectivity index (χ1n) is 4.02. The Kier molecular flexibility index (Phi) is 3.70. The van der Waals surface area contributed by atoms with Gasteiger partial charge in [-0.2, -0.15) is 13.2 Å². The summed E-state index contributed by atoms with van der Waals surface area (Å²) in [5.41, 5.74) is -2.94. The second kappa shape index (κ2) is 4.48. The Morgan fingerprint density at radius 3 is 2.17 bits per heavy atom. The molecular formula is C7H4BrF3N2O4S. The molecule has 0 aliphatic heterocycles. The van der Waals surface area contributed by atoms with Crippen LogP contribution in [0.25, 0.3) is 0 Å². The summed E-state index contributed by atoms with van der Waals surface area (Å²) in [6.45, 7) is 0. The number of nitrogens with zero attached hydrogens (tertiary/aromatic N) is 1. The van der Waals surface area contributed by atoms with Gasteiger partial charge in [-0.05, 0) is 22.0 Å². The van der Waals surface area contributed by atoms with E-state index in [-0.39, 0.29) is 6.07 Å². The molecule has 6 nitrogen and oxygen atoms in total. The van der Waals surface area contributed by atoms with Gasteiger partial charge in [0, 0.05) is 10.5 Å². The Balaban J connectivity index is 3.71. The van der Waals surface area contributed by atoms with Crippen molar-refractivity contribution in [2.75, 3.05) is 0 Å². The zero-order chi connectivity index (χ0) is 14.3. The molecule has 0 spiro atoms. The SMILES string of the molecule is NS(=O)(=O)c1cc([N+](=O)[O-])c(C(F)(F)F)cc1Br. The molecular weight excluding hydrogens is 345 g/mol. The summed E-state index contributed by atoms with van der Waals surface area (Å²) in [5.74, 6) is 0. The minimum atomic E-state index is -4.98. The van der Waals surface area contributed by atoms with Gasteiger partial charge >= 0.3 is 6.18 Å². The van der Waals surface area contributed by atoms with Crippen molar-refractivity contribution in [3.8, 4) is 0 Å². The van der Waals surface area contributed by atoms with Gasteiger partial charge in [-0.15, -0.1) is 0 Å². The summed E-state index contributed by atoms with van der Waals surface area (Å²) in [5, 5.41) is 15.2. The molecule has 0 heterocycles. The summed E-state index contributed by atoms with van der Waals surface area (Å²) in [6.07, 6.45) is -4.98. The van der Waals surface area contributed by atoms with E-state index in [1.165, 1.54) is 0 Å². The zero-order valence-corrected chi connectivity index (χ0v) is 10.6. The number of hydrogen-bond acceptors (Lipinski definition) is 4. The number of rotatable bonds is 2. The van der Waals surface area contributed by atoms with E-state index in [1.807, 2.05) is 0 Å². The predicted molar refractivity (Wildman–Crippen MR) is 57.2 cm³/mol. The van der Waals surface area contributed by atoms with Crippen molar-refractivity contribution in [3.05, 3.63) is 32.3 Å². The van der Waals surface area contributed by atoms with Gasteiger partial charge in [-0.3, -0.25) is 10.1 Å². The summed E-state index contributed by atoms with van der Waals surface area (Å²) in [4.78, 5) is 8.39. The topological polar surface area (TPSA) is 103 Å². The molecule has 0 saturated heterocycles. The number of primary sulfonamides is 1. The Morgan fingerprint density at radius 1 is 1.33 bits per heavy atom. The number of nitro groups is 1. The monoisotopic (exact) mass is 348 g/mol. The lowest BCUT2D eigenvalue weighted by molar-refractivity contribution is -0.388. The second-order valence-electron chi connectivity index (χ2n) is 3.10. The maximum atomic E-state index is 12.5. The van der Waals surface area contributed by atoms with Gasteiger partial charge in [-0.25, -0.2) is 13.6 Å². The second-order valence-corrected chi connectivity index (χ2v) is 5.48. The maximum absolute atomic E-state index is 12.5. The molecule has 1 aromatic rings. The van der Waals surface area contributed by atoms with Crippen LogP contribution in [0.15, 0.2) is 21.5 Å². The number of sulfonamides is 1. The molecule has 2 N–H and O–H groups in total. The summed E-state index contributed by atoms with van der Waals surface area (Å²) in [7, 11) is -4.37. The number of nitrogens with two attached hydrogens (primary N) is 1. The van der Waals surface area contributed by atoms with Gasteiger partial charge in [-0.1, -0.05) is 0 Å². The van der Waals surface area contributed by atoms with Crippen molar-refractivity contribution >= 4 is 31.6 Å². The van der Waals surface area contributed by atoms with Crippen molar-refractivity contribution < 1.29 is 26.5 Å². The van der Waals surface area contributed by atoms with E-state index in [0.717, 1.165) is 0 Å². The Labute approximate surface area is 107 Å². The van der Waals surface area contributed by atoms with Crippen molar-refractivity contribution in [1.82, 2.24) is 0 Å². The van der Waals surface area contributed by atoms with Gasteiger partial charge in [0.25, 0.3) is 5.69 Å². The Bertz CT molecular complexity index is 614. The van der Waals surface area contributed by atoms with Crippen LogP contribution in [0, 0.1) is 10.1 Å². The first-order valence-corrected chi connectivity index (χ1v) is 6.36. The van der Waals surface area contributed by atoms with E-state index in [4.69, 9.17) is 5.14 Å². The average Bonchev–Trinajstić information content (AvgIpc) is 2.13. The van der Waals surface area contributed by atoms with Gasteiger partial charge < -0.3 is 0 Å². The maximum Gasteiger partial charge on any atom is 0.423 e. The lowest BCUT2D eigenvalue weighted by atomic mass is 10.2. The van der Waals surface area contributed by atoms with E-state index >= 15 is 0 Å². The molecule has 0 aliphatic carbocycles. The molecule has 0 fully saturated rings. The molecule has 1 rings (SSSR count). The lowest BCUT2D eigenvalue weighted by Gasteiger charge is -2.10. The molecule has 0 bridgehead atoms. The van der Waals surface area contributed by atoms with E-state index in [2.05, 4.69) is 15.9 Å². The van der Waals surface area contributed by atoms with E-state index in [0.29, 0.717) is 6.07 Å². The van der Waals surface area contributed by atoms with Crippen LogP contribution in [-0.4, -0.2) is 13.3 Å². The van der Waals surface area contributed by atoms with Crippen LogP contribution in [0.3, 0.4) is 0 Å². The van der Waals surface area contributed by atoms with Crippen LogP contribution in [-0.2, 0) is 16.2 Å². The molecule has 1 aromatic carbocycles. The Morgan fingerprint density at radius 2 is 1.83 bits per heavy atom. The van der Waals surface area contributed by atoms with Gasteiger partial charge in [0.15, 0.2) is 0 Å². The van der Waals surface area contributed by atoms with E-state index in [1.54, 1.807) is 0 Å². The molecule has 0 amide bonds. The van der Waals surface area contributed by atoms with Crippen molar-refractivity contribution in [2.24, 2.45) is 5.14 Å². The lowest BCUT2D eigenvalue weighted by Crippen LogP contribution is -2.15. The number of benzene rings is 1. The largest absolute Gasteiger partial charge is 0.423 e. The number of nitro benzene ring substituents is 1. The van der Waals surface area contributed by atoms with Crippen molar-refractivity contribution in [2.45, 2.75) is 11.1 Å². The molecule has 18 heavy (non-hydrogen) atoms. The first kappa shape index (κ1) is 14.9. The fourth-order valence-electron chi connectivity index (χ4n) is 1.14. The van der Waals surface area contributed by atoms with Gasteiger partial charge in [0.2, 0.25) is 10.0 Å². The Hall–Kier alpha value is -1.20. The third kappa shape index (κ3) is 2.97. The first-order chi connectivity index (χ1) is 7.94. The molecule has 0 aromatic heterocycles. The summed E-state index contributed by atoms with van der Waals surface area (Å²) >= 11 is 2.58. The highest BCUT2D eigenvalue weighted by atomic mass is 79.9. The highest BCUT2D eigenvalue weighted by molar-refractivity contribution is 9.10. The van der Waals surface area contributed by atoms with Crippen LogP contribution >= 0.6 is 15.9 Å². The van der Waals surface area contributed by atoms with Crippen LogP contribution in [0.1, 0.15) is 5.56 Å². The fraction of sp³-hybridized carbons (Fsp3) is 0.143. The number of hydrogen-bond donors (Lipinski definition) is 1. The molecule has 0 radical (unpaired) electrons. The van der Waals surface area contributed by atoms with Crippen molar-refractivity contribution in [1.29, 1.82) is 0 Å². The standard InChI is InChI=1S/C7H4BrF3N2O4S/c8-4-1-3(7(9,10)11)5(13(14)15)2-6(4)18(12,16)17/h1-2H,(H2,12,16,17). The summed E-state index contributed by atoms with van der Waals surface area (Å²) in [6, 6.07) is 0.570. The number of halogens is 4. The van der Waals surface area contributed by atoms with Gasteiger partial charge in [0.1, 0.15) is 10.5 Å².